The van der Waals surface area contributed by atoms with Gasteiger partial charge < -0.3 is 14.2 Å². The molecule has 1 saturated heterocycles. The van der Waals surface area contributed by atoms with Gasteiger partial charge >= 0.3 is 0 Å². The third kappa shape index (κ3) is 4.83. The fourth-order valence-corrected chi connectivity index (χ4v) is 5.25. The molecule has 2 aromatic carbocycles. The van der Waals surface area contributed by atoms with Crippen molar-refractivity contribution >= 4 is 17.7 Å². The van der Waals surface area contributed by atoms with Crippen molar-refractivity contribution in [2.45, 2.75) is 50.9 Å². The van der Waals surface area contributed by atoms with E-state index >= 15 is 0 Å². The van der Waals surface area contributed by atoms with Crippen LogP contribution in [-0.2, 0) is 17.8 Å². The normalized spacial score (nSPS) is 15.8. The van der Waals surface area contributed by atoms with Crippen LogP contribution in [0, 0.1) is 6.92 Å². The van der Waals surface area contributed by atoms with Crippen molar-refractivity contribution < 1.29 is 9.53 Å². The summed E-state index contributed by atoms with van der Waals surface area (Å²) in [4.78, 5) is 15.1. The molecule has 1 unspecified atom stereocenters. The van der Waals surface area contributed by atoms with Crippen molar-refractivity contribution in [3.05, 3.63) is 59.7 Å². The van der Waals surface area contributed by atoms with Crippen LogP contribution in [0.1, 0.15) is 30.9 Å². The summed E-state index contributed by atoms with van der Waals surface area (Å²) < 4.78 is 7.44. The highest BCUT2D eigenvalue weighted by Crippen LogP contribution is 2.28. The van der Waals surface area contributed by atoms with Crippen LogP contribution in [-0.4, -0.2) is 51.0 Å². The second-order valence-corrected chi connectivity index (χ2v) is 9.04. The number of methoxy groups -OCH3 is 1. The van der Waals surface area contributed by atoms with Crippen LogP contribution >= 0.6 is 11.8 Å². The number of thioether (sulfide) groups is 1. The van der Waals surface area contributed by atoms with Crippen LogP contribution in [0.3, 0.4) is 0 Å². The maximum atomic E-state index is 13.1. The van der Waals surface area contributed by atoms with Crippen LogP contribution < -0.4 is 4.74 Å². The predicted octanol–water partition coefficient (Wildman–Crippen LogP) is 4.61. The van der Waals surface area contributed by atoms with Gasteiger partial charge in [0.25, 0.3) is 0 Å². The SMILES string of the molecule is CCn1c(SCC(=O)N2CCCC2Cc2cccc(OC)c2)nnc1-c1ccccc1C. The molecule has 0 spiro atoms. The van der Waals surface area contributed by atoms with Crippen molar-refractivity contribution in [1.29, 1.82) is 0 Å². The van der Waals surface area contributed by atoms with E-state index in [1.54, 1.807) is 7.11 Å². The van der Waals surface area contributed by atoms with Crippen molar-refractivity contribution in [1.82, 2.24) is 19.7 Å². The first-order chi connectivity index (χ1) is 15.6. The van der Waals surface area contributed by atoms with Gasteiger partial charge in [-0.25, -0.2) is 0 Å². The fourth-order valence-electron chi connectivity index (χ4n) is 4.36. The minimum absolute atomic E-state index is 0.170. The maximum Gasteiger partial charge on any atom is 0.233 e. The number of amides is 1. The molecule has 1 atom stereocenters. The number of hydrogen-bond donors (Lipinski definition) is 0. The Kier molecular flexibility index (Phi) is 7.15. The van der Waals surface area contributed by atoms with Gasteiger partial charge in [0.05, 0.1) is 12.9 Å². The minimum Gasteiger partial charge on any atom is -0.497 e. The first kappa shape index (κ1) is 22.4. The Hall–Kier alpha value is -2.80. The number of hydrogen-bond acceptors (Lipinski definition) is 5. The molecule has 7 heteroatoms. The van der Waals surface area contributed by atoms with Gasteiger partial charge in [0.1, 0.15) is 5.75 Å². The molecule has 168 valence electrons. The van der Waals surface area contributed by atoms with Crippen molar-refractivity contribution in [2.75, 3.05) is 19.4 Å². The Labute approximate surface area is 194 Å². The first-order valence-corrected chi connectivity index (χ1v) is 12.1. The molecule has 1 aromatic heterocycles. The summed E-state index contributed by atoms with van der Waals surface area (Å²) in [6, 6.07) is 16.6. The summed E-state index contributed by atoms with van der Waals surface area (Å²) in [6.45, 7) is 5.75. The molecule has 6 nitrogen and oxygen atoms in total. The molecule has 4 rings (SSSR count). The van der Waals surface area contributed by atoms with Gasteiger partial charge in [-0.3, -0.25) is 4.79 Å². The number of carbonyl (C=O) groups excluding carboxylic acids is 1. The molecule has 0 aliphatic carbocycles. The molecular formula is C25H30N4O2S. The van der Waals surface area contributed by atoms with E-state index in [2.05, 4.69) is 52.9 Å². The van der Waals surface area contributed by atoms with E-state index in [4.69, 9.17) is 4.74 Å². The Bertz CT molecular complexity index is 1080. The van der Waals surface area contributed by atoms with Gasteiger partial charge in [-0.1, -0.05) is 48.2 Å². The number of aromatic nitrogens is 3. The van der Waals surface area contributed by atoms with E-state index < -0.39 is 0 Å². The molecular weight excluding hydrogens is 420 g/mol. The zero-order chi connectivity index (χ0) is 22.5. The number of benzene rings is 2. The van der Waals surface area contributed by atoms with Crippen LogP contribution in [0.25, 0.3) is 11.4 Å². The zero-order valence-electron chi connectivity index (χ0n) is 19.0. The second kappa shape index (κ2) is 10.2. The maximum absolute atomic E-state index is 13.1. The lowest BCUT2D eigenvalue weighted by Gasteiger charge is -2.25. The molecule has 0 radical (unpaired) electrons. The first-order valence-electron chi connectivity index (χ1n) is 11.1. The highest BCUT2D eigenvalue weighted by atomic mass is 32.2. The van der Waals surface area contributed by atoms with E-state index in [-0.39, 0.29) is 11.9 Å². The summed E-state index contributed by atoms with van der Waals surface area (Å²) in [7, 11) is 1.68. The summed E-state index contributed by atoms with van der Waals surface area (Å²) in [5.74, 6) is 2.26. The number of ether oxygens (including phenoxy) is 1. The Balaban J connectivity index is 1.42. The third-order valence-electron chi connectivity index (χ3n) is 6.05. The van der Waals surface area contributed by atoms with E-state index in [0.717, 1.165) is 54.6 Å². The molecule has 1 amide bonds. The summed E-state index contributed by atoms with van der Waals surface area (Å²) in [5, 5.41) is 9.63. The second-order valence-electron chi connectivity index (χ2n) is 8.09. The molecule has 32 heavy (non-hydrogen) atoms. The van der Waals surface area contributed by atoms with Crippen LogP contribution in [0.2, 0.25) is 0 Å². The number of nitrogens with zero attached hydrogens (tertiary/aromatic N) is 4. The molecule has 2 heterocycles. The average molecular weight is 451 g/mol. The van der Waals surface area contributed by atoms with Crippen molar-refractivity contribution in [3.63, 3.8) is 0 Å². The number of rotatable bonds is 8. The number of likely N-dealkylation sites (tertiary alicyclic amines) is 1. The smallest absolute Gasteiger partial charge is 0.233 e. The Morgan fingerprint density at radius 1 is 1.19 bits per heavy atom. The summed E-state index contributed by atoms with van der Waals surface area (Å²) >= 11 is 1.48. The minimum atomic E-state index is 0.170. The third-order valence-corrected chi connectivity index (χ3v) is 7.00. The van der Waals surface area contributed by atoms with E-state index in [1.165, 1.54) is 22.9 Å². The molecule has 1 fully saturated rings. The molecule has 3 aromatic rings. The van der Waals surface area contributed by atoms with Crippen molar-refractivity contribution in [3.8, 4) is 17.1 Å². The fraction of sp³-hybridized carbons (Fsp3) is 0.400. The summed E-state index contributed by atoms with van der Waals surface area (Å²) in [5.41, 5.74) is 3.45. The lowest BCUT2D eigenvalue weighted by Crippen LogP contribution is -2.38. The largest absolute Gasteiger partial charge is 0.497 e. The molecule has 0 bridgehead atoms. The highest BCUT2D eigenvalue weighted by molar-refractivity contribution is 7.99. The lowest BCUT2D eigenvalue weighted by molar-refractivity contribution is -0.129. The zero-order valence-corrected chi connectivity index (χ0v) is 19.8. The topological polar surface area (TPSA) is 60.2 Å². The van der Waals surface area contributed by atoms with Crippen LogP contribution in [0.5, 0.6) is 5.75 Å². The Morgan fingerprint density at radius 2 is 2.03 bits per heavy atom. The van der Waals surface area contributed by atoms with Gasteiger partial charge in [-0.05, 0) is 56.4 Å². The van der Waals surface area contributed by atoms with Crippen molar-refractivity contribution in [2.24, 2.45) is 0 Å². The van der Waals surface area contributed by atoms with E-state index in [1.807, 2.05) is 29.2 Å². The lowest BCUT2D eigenvalue weighted by atomic mass is 10.0. The van der Waals surface area contributed by atoms with Gasteiger partial charge in [0.2, 0.25) is 5.91 Å². The van der Waals surface area contributed by atoms with Crippen LogP contribution in [0.15, 0.2) is 53.7 Å². The van der Waals surface area contributed by atoms with Gasteiger partial charge in [0.15, 0.2) is 11.0 Å². The summed E-state index contributed by atoms with van der Waals surface area (Å²) in [6.07, 6.45) is 2.94. The van der Waals surface area contributed by atoms with Gasteiger partial charge in [-0.15, -0.1) is 10.2 Å². The molecule has 0 saturated carbocycles. The van der Waals surface area contributed by atoms with E-state index in [9.17, 15) is 4.79 Å². The average Bonchev–Trinajstić information content (AvgIpc) is 3.44. The van der Waals surface area contributed by atoms with Gasteiger partial charge in [-0.2, -0.15) is 0 Å². The van der Waals surface area contributed by atoms with E-state index in [0.29, 0.717) is 5.75 Å². The number of aryl methyl sites for hydroxylation is 1. The molecule has 0 N–H and O–H groups in total. The van der Waals surface area contributed by atoms with Crippen LogP contribution in [0.4, 0.5) is 0 Å². The quantitative estimate of drug-likeness (QED) is 0.469. The predicted molar refractivity (Wildman–Crippen MR) is 128 cm³/mol. The standard InChI is InChI=1S/C25H30N4O2S/c1-4-28-24(22-13-6-5-9-18(22)2)26-27-25(28)32-17-23(30)29-14-8-11-20(29)15-19-10-7-12-21(16-19)31-3/h5-7,9-10,12-13,16,20H,4,8,11,14-15,17H2,1-3H3. The number of carbonyl (C=O) groups is 1. The van der Waals surface area contributed by atoms with Gasteiger partial charge in [0, 0.05) is 24.7 Å². The molecule has 1 aliphatic rings. The highest BCUT2D eigenvalue weighted by Gasteiger charge is 2.29. The Morgan fingerprint density at radius 3 is 2.81 bits per heavy atom. The molecule has 1 aliphatic heterocycles. The monoisotopic (exact) mass is 450 g/mol.